The van der Waals surface area contributed by atoms with E-state index >= 15 is 4.39 Å². The smallest absolute Gasteiger partial charge is 0.309 e. The number of esters is 1. The van der Waals surface area contributed by atoms with E-state index in [0.29, 0.717) is 68.5 Å². The van der Waals surface area contributed by atoms with Gasteiger partial charge in [0.05, 0.1) is 12.5 Å². The molecule has 0 unspecified atom stereocenters. The molecule has 1 amide bonds. The van der Waals surface area contributed by atoms with Crippen LogP contribution in [0.25, 0.3) is 11.1 Å². The number of aromatic nitrogens is 1. The molecule has 2 saturated heterocycles. The number of ether oxygens (including phenoxy) is 2. The van der Waals surface area contributed by atoms with Gasteiger partial charge in [-0.2, -0.15) is 0 Å². The van der Waals surface area contributed by atoms with Gasteiger partial charge in [0.15, 0.2) is 11.6 Å². The monoisotopic (exact) mass is 607 g/mol. The summed E-state index contributed by atoms with van der Waals surface area (Å²) in [5.41, 5.74) is 3.93. The lowest BCUT2D eigenvalue weighted by atomic mass is 9.88. The van der Waals surface area contributed by atoms with Gasteiger partial charge in [0.25, 0.3) is 0 Å². The molecular formula is C34H39F2N3O5. The van der Waals surface area contributed by atoms with Crippen molar-refractivity contribution in [1.29, 1.82) is 0 Å². The van der Waals surface area contributed by atoms with E-state index < -0.39 is 18.2 Å². The number of likely N-dealkylation sites (tertiary alicyclic amines) is 1. The van der Waals surface area contributed by atoms with E-state index in [9.17, 15) is 14.0 Å². The SMILES string of the molecule is CCOC(=O)C1CCN(c2cc(-c3cc(F)cc(F)c3OCc3ccc(C4CCN(C(=O)CO)CC4)cc3C)ccn2)CC1. The predicted octanol–water partition coefficient (Wildman–Crippen LogP) is 5.39. The summed E-state index contributed by atoms with van der Waals surface area (Å²) in [6.45, 7) is 6.25. The van der Waals surface area contributed by atoms with Crippen LogP contribution in [0.3, 0.4) is 0 Å². The third-order valence-corrected chi connectivity index (χ3v) is 8.70. The highest BCUT2D eigenvalue weighted by Gasteiger charge is 2.27. The fraction of sp³-hybridized carbons (Fsp3) is 0.441. The summed E-state index contributed by atoms with van der Waals surface area (Å²) >= 11 is 0. The summed E-state index contributed by atoms with van der Waals surface area (Å²) in [5.74, 6) is -1.10. The number of carbonyl (C=O) groups excluding carboxylic acids is 2. The first-order chi connectivity index (χ1) is 21.3. The van der Waals surface area contributed by atoms with Crippen LogP contribution in [0.1, 0.15) is 55.2 Å². The molecule has 0 radical (unpaired) electrons. The van der Waals surface area contributed by atoms with E-state index in [0.717, 1.165) is 30.0 Å². The highest BCUT2D eigenvalue weighted by atomic mass is 19.1. The molecule has 0 spiro atoms. The Balaban J connectivity index is 1.28. The third-order valence-electron chi connectivity index (χ3n) is 8.70. The molecule has 234 valence electrons. The molecule has 10 heteroatoms. The number of aliphatic hydroxyl groups is 1. The minimum atomic E-state index is -0.785. The number of aryl methyl sites for hydroxylation is 1. The number of anilines is 1. The summed E-state index contributed by atoms with van der Waals surface area (Å²) < 4.78 is 40.9. The summed E-state index contributed by atoms with van der Waals surface area (Å²) in [5, 5.41) is 9.12. The standard InChI is InChI=1S/C34H39F2N3O5/c1-3-43-34(42)24-9-12-38(13-10-24)31-17-26(6-11-37-31)29-18-28(35)19-30(36)33(29)44-21-27-5-4-25(16-22(27)2)23-7-14-39(15-8-23)32(41)20-40/h4-6,11,16-19,23-24,40H,3,7-10,12-15,20-21H2,1-2H3. The zero-order valence-electron chi connectivity index (χ0n) is 25.2. The second-order valence-electron chi connectivity index (χ2n) is 11.5. The van der Waals surface area contributed by atoms with Gasteiger partial charge in [-0.3, -0.25) is 9.59 Å². The van der Waals surface area contributed by atoms with E-state index in [1.54, 1.807) is 30.2 Å². The van der Waals surface area contributed by atoms with Crippen LogP contribution in [0.15, 0.2) is 48.7 Å². The second kappa shape index (κ2) is 14.2. The molecule has 0 aliphatic carbocycles. The van der Waals surface area contributed by atoms with Crippen molar-refractivity contribution in [2.75, 3.05) is 44.3 Å². The summed E-state index contributed by atoms with van der Waals surface area (Å²) in [6.07, 6.45) is 4.55. The molecule has 1 N–H and O–H groups in total. The van der Waals surface area contributed by atoms with Gasteiger partial charge in [-0.05, 0) is 85.9 Å². The number of halogens is 2. The molecule has 2 aliphatic heterocycles. The van der Waals surface area contributed by atoms with Crippen LogP contribution in [-0.2, 0) is 20.9 Å². The van der Waals surface area contributed by atoms with Crippen LogP contribution in [-0.4, -0.2) is 66.3 Å². The second-order valence-corrected chi connectivity index (χ2v) is 11.5. The average Bonchev–Trinajstić information content (AvgIpc) is 3.04. The molecule has 3 aromatic rings. The Morgan fingerprint density at radius 2 is 1.75 bits per heavy atom. The number of hydrogen-bond acceptors (Lipinski definition) is 7. The number of pyridine rings is 1. The molecule has 1 aromatic heterocycles. The Hall–Kier alpha value is -4.05. The van der Waals surface area contributed by atoms with E-state index in [-0.39, 0.29) is 30.2 Å². The van der Waals surface area contributed by atoms with Crippen molar-refractivity contribution in [2.45, 2.75) is 52.1 Å². The minimum absolute atomic E-state index is 0.0334. The number of hydrogen-bond donors (Lipinski definition) is 1. The number of carbonyl (C=O) groups is 2. The van der Waals surface area contributed by atoms with E-state index in [1.807, 2.05) is 19.1 Å². The van der Waals surface area contributed by atoms with Crippen LogP contribution in [0.4, 0.5) is 14.6 Å². The lowest BCUT2D eigenvalue weighted by Gasteiger charge is -2.32. The molecule has 3 heterocycles. The number of benzene rings is 2. The largest absolute Gasteiger partial charge is 0.485 e. The first-order valence-electron chi connectivity index (χ1n) is 15.2. The van der Waals surface area contributed by atoms with Crippen LogP contribution in [0.5, 0.6) is 5.75 Å². The van der Waals surface area contributed by atoms with Crippen molar-refractivity contribution in [3.8, 4) is 16.9 Å². The molecule has 8 nitrogen and oxygen atoms in total. The topological polar surface area (TPSA) is 92.2 Å². The zero-order chi connectivity index (χ0) is 31.2. The predicted molar refractivity (Wildman–Crippen MR) is 162 cm³/mol. The maximum Gasteiger partial charge on any atom is 0.309 e. The van der Waals surface area contributed by atoms with Crippen molar-refractivity contribution < 1.29 is 33.0 Å². The quantitative estimate of drug-likeness (QED) is 0.326. The van der Waals surface area contributed by atoms with Crippen LogP contribution in [0.2, 0.25) is 0 Å². The summed E-state index contributed by atoms with van der Waals surface area (Å²) in [4.78, 5) is 32.2. The van der Waals surface area contributed by atoms with Crippen molar-refractivity contribution in [3.63, 3.8) is 0 Å². The van der Waals surface area contributed by atoms with Crippen molar-refractivity contribution in [2.24, 2.45) is 5.92 Å². The van der Waals surface area contributed by atoms with Gasteiger partial charge in [-0.1, -0.05) is 18.2 Å². The Morgan fingerprint density at radius 3 is 2.43 bits per heavy atom. The number of nitrogens with zero attached hydrogens (tertiary/aromatic N) is 3. The third kappa shape index (κ3) is 7.18. The molecule has 2 aromatic carbocycles. The molecule has 5 rings (SSSR count). The Bertz CT molecular complexity index is 1480. The van der Waals surface area contributed by atoms with Gasteiger partial charge in [-0.15, -0.1) is 0 Å². The Labute approximate surface area is 256 Å². The maximum atomic E-state index is 15.2. The fourth-order valence-corrected chi connectivity index (χ4v) is 6.13. The van der Waals surface area contributed by atoms with Crippen molar-refractivity contribution in [3.05, 3.63) is 77.0 Å². The first-order valence-corrected chi connectivity index (χ1v) is 15.2. The summed E-state index contributed by atoms with van der Waals surface area (Å²) in [6, 6.07) is 11.7. The molecule has 0 bridgehead atoms. The van der Waals surface area contributed by atoms with Gasteiger partial charge in [0.2, 0.25) is 5.91 Å². The van der Waals surface area contributed by atoms with Gasteiger partial charge in [0, 0.05) is 44.0 Å². The van der Waals surface area contributed by atoms with Gasteiger partial charge in [0.1, 0.15) is 24.8 Å². The molecule has 44 heavy (non-hydrogen) atoms. The lowest BCUT2D eigenvalue weighted by Crippen LogP contribution is -2.39. The van der Waals surface area contributed by atoms with Crippen molar-refractivity contribution >= 4 is 17.7 Å². The van der Waals surface area contributed by atoms with Crippen LogP contribution >= 0.6 is 0 Å². The highest BCUT2D eigenvalue weighted by molar-refractivity contribution is 5.77. The molecule has 0 saturated carbocycles. The van der Waals surface area contributed by atoms with Crippen LogP contribution in [0, 0.1) is 24.5 Å². The fourth-order valence-electron chi connectivity index (χ4n) is 6.13. The zero-order valence-corrected chi connectivity index (χ0v) is 25.2. The first kappa shape index (κ1) is 31.4. The number of amides is 1. The van der Waals surface area contributed by atoms with Crippen LogP contribution < -0.4 is 9.64 Å². The molecule has 2 fully saturated rings. The normalized spacial score (nSPS) is 16.2. The minimum Gasteiger partial charge on any atom is -0.485 e. The van der Waals surface area contributed by atoms with Gasteiger partial charge >= 0.3 is 5.97 Å². The highest BCUT2D eigenvalue weighted by Crippen LogP contribution is 2.36. The Kier molecular flexibility index (Phi) is 10.1. The van der Waals surface area contributed by atoms with E-state index in [2.05, 4.69) is 16.0 Å². The van der Waals surface area contributed by atoms with E-state index in [1.165, 1.54) is 11.6 Å². The van der Waals surface area contributed by atoms with E-state index in [4.69, 9.17) is 14.6 Å². The summed E-state index contributed by atoms with van der Waals surface area (Å²) in [7, 11) is 0. The number of aliphatic hydroxyl groups excluding tert-OH is 1. The molecule has 2 aliphatic rings. The molecule has 0 atom stereocenters. The average molecular weight is 608 g/mol. The number of rotatable bonds is 9. The van der Waals surface area contributed by atoms with Gasteiger partial charge in [-0.25, -0.2) is 13.8 Å². The van der Waals surface area contributed by atoms with Crippen molar-refractivity contribution in [1.82, 2.24) is 9.88 Å². The van der Waals surface area contributed by atoms with Gasteiger partial charge < -0.3 is 24.4 Å². The Morgan fingerprint density at radius 1 is 1.00 bits per heavy atom. The lowest BCUT2D eigenvalue weighted by molar-refractivity contribution is -0.148. The molecular weight excluding hydrogens is 568 g/mol. The maximum absolute atomic E-state index is 15.2. The number of piperidine rings is 2.